The fourth-order valence-electron chi connectivity index (χ4n) is 2.69. The van der Waals surface area contributed by atoms with Crippen LogP contribution in [0.1, 0.15) is 30.9 Å². The fourth-order valence-corrected chi connectivity index (χ4v) is 2.97. The predicted molar refractivity (Wildman–Crippen MR) is 98.0 cm³/mol. The minimum absolute atomic E-state index is 0.153. The number of rotatable bonds is 5. The number of aryl methyl sites for hydroxylation is 1. The molecule has 0 aliphatic carbocycles. The molecule has 1 aromatic carbocycles. The number of hydrogen-bond donors (Lipinski definition) is 2. The van der Waals surface area contributed by atoms with Crippen molar-refractivity contribution in [3.63, 3.8) is 0 Å². The number of carbonyl (C=O) groups is 1. The minimum Gasteiger partial charge on any atom is -0.464 e. The average molecular weight is 357 g/mol. The van der Waals surface area contributed by atoms with Crippen molar-refractivity contribution < 1.29 is 9.21 Å². The standard InChI is InChI=1S/C18H19N3O3S/c1-11-7-8-15(24-11)12(2)19-16(22)9-10-21-17(23)13-5-3-4-6-14(13)20-18(21)25/h3-8,12H,9-10H2,1-2H3,(H,19,22)(H,20,25). The first kappa shape index (κ1) is 17.2. The normalized spacial score (nSPS) is 12.2. The van der Waals surface area contributed by atoms with Crippen molar-refractivity contribution in [2.75, 3.05) is 0 Å². The van der Waals surface area contributed by atoms with Crippen LogP contribution in [0.3, 0.4) is 0 Å². The van der Waals surface area contributed by atoms with Gasteiger partial charge in [0.1, 0.15) is 11.5 Å². The summed E-state index contributed by atoms with van der Waals surface area (Å²) in [4.78, 5) is 27.7. The molecule has 2 aromatic heterocycles. The number of fused-ring (bicyclic) bond motifs is 1. The number of para-hydroxylation sites is 1. The van der Waals surface area contributed by atoms with Gasteiger partial charge in [-0.05, 0) is 50.3 Å². The molecule has 0 saturated heterocycles. The number of H-pyrrole nitrogens is 1. The third kappa shape index (κ3) is 3.71. The van der Waals surface area contributed by atoms with E-state index in [0.29, 0.717) is 21.4 Å². The van der Waals surface area contributed by atoms with Crippen molar-refractivity contribution in [3.05, 3.63) is 63.0 Å². The van der Waals surface area contributed by atoms with E-state index in [0.717, 1.165) is 5.76 Å². The van der Waals surface area contributed by atoms with Crippen LogP contribution < -0.4 is 10.9 Å². The largest absolute Gasteiger partial charge is 0.464 e. The highest BCUT2D eigenvalue weighted by molar-refractivity contribution is 7.71. The van der Waals surface area contributed by atoms with Crippen LogP contribution >= 0.6 is 12.2 Å². The molecule has 130 valence electrons. The molecule has 6 nitrogen and oxygen atoms in total. The number of nitrogens with zero attached hydrogens (tertiary/aromatic N) is 1. The Morgan fingerprint density at radius 2 is 2.08 bits per heavy atom. The predicted octanol–water partition coefficient (Wildman–Crippen LogP) is 3.23. The summed E-state index contributed by atoms with van der Waals surface area (Å²) in [6.45, 7) is 3.92. The van der Waals surface area contributed by atoms with Gasteiger partial charge in [0.2, 0.25) is 5.91 Å². The number of aromatic nitrogens is 2. The number of carbonyl (C=O) groups excluding carboxylic acids is 1. The summed E-state index contributed by atoms with van der Waals surface area (Å²) in [5, 5.41) is 3.42. The van der Waals surface area contributed by atoms with Crippen LogP contribution in [0.25, 0.3) is 10.9 Å². The summed E-state index contributed by atoms with van der Waals surface area (Å²) in [5.74, 6) is 1.33. The smallest absolute Gasteiger partial charge is 0.262 e. The minimum atomic E-state index is -0.232. The Bertz CT molecular complexity index is 1030. The van der Waals surface area contributed by atoms with Crippen molar-refractivity contribution in [3.8, 4) is 0 Å². The number of furan rings is 1. The maximum Gasteiger partial charge on any atom is 0.262 e. The average Bonchev–Trinajstić information content (AvgIpc) is 3.01. The van der Waals surface area contributed by atoms with Crippen LogP contribution in [-0.2, 0) is 11.3 Å². The van der Waals surface area contributed by atoms with Crippen LogP contribution in [-0.4, -0.2) is 15.5 Å². The summed E-state index contributed by atoms with van der Waals surface area (Å²) in [6.07, 6.45) is 0.153. The number of amides is 1. The first-order valence-electron chi connectivity index (χ1n) is 8.03. The van der Waals surface area contributed by atoms with Crippen LogP contribution in [0.4, 0.5) is 0 Å². The lowest BCUT2D eigenvalue weighted by Gasteiger charge is -2.12. The molecule has 1 unspecified atom stereocenters. The van der Waals surface area contributed by atoms with Crippen LogP contribution in [0, 0.1) is 11.7 Å². The van der Waals surface area contributed by atoms with E-state index in [9.17, 15) is 9.59 Å². The Hall–Kier alpha value is -2.67. The first-order chi connectivity index (χ1) is 12.0. The first-order valence-corrected chi connectivity index (χ1v) is 8.44. The second-order valence-corrected chi connectivity index (χ2v) is 6.31. The summed E-state index contributed by atoms with van der Waals surface area (Å²) in [7, 11) is 0. The van der Waals surface area contributed by atoms with E-state index in [1.54, 1.807) is 18.2 Å². The van der Waals surface area contributed by atoms with Gasteiger partial charge in [0, 0.05) is 13.0 Å². The Morgan fingerprint density at radius 3 is 2.80 bits per heavy atom. The lowest BCUT2D eigenvalue weighted by Crippen LogP contribution is -2.29. The molecule has 2 heterocycles. The van der Waals surface area contributed by atoms with Crippen molar-refractivity contribution in [1.82, 2.24) is 14.9 Å². The van der Waals surface area contributed by atoms with Gasteiger partial charge < -0.3 is 14.7 Å². The monoisotopic (exact) mass is 357 g/mol. The third-order valence-electron chi connectivity index (χ3n) is 4.02. The molecular formula is C18H19N3O3S. The van der Waals surface area contributed by atoms with Gasteiger partial charge in [-0.1, -0.05) is 12.1 Å². The molecule has 0 fully saturated rings. The Kier molecular flexibility index (Phi) is 4.85. The topological polar surface area (TPSA) is 80.0 Å². The highest BCUT2D eigenvalue weighted by Crippen LogP contribution is 2.15. The molecular weight excluding hydrogens is 338 g/mol. The van der Waals surface area contributed by atoms with E-state index in [1.165, 1.54) is 4.57 Å². The second-order valence-electron chi connectivity index (χ2n) is 5.92. The van der Waals surface area contributed by atoms with Gasteiger partial charge in [-0.2, -0.15) is 0 Å². The van der Waals surface area contributed by atoms with Gasteiger partial charge in [-0.25, -0.2) is 0 Å². The summed E-state index contributed by atoms with van der Waals surface area (Å²) in [5.41, 5.74) is 0.502. The highest BCUT2D eigenvalue weighted by Gasteiger charge is 2.13. The maximum absolute atomic E-state index is 12.5. The van der Waals surface area contributed by atoms with Gasteiger partial charge >= 0.3 is 0 Å². The molecule has 1 atom stereocenters. The van der Waals surface area contributed by atoms with Gasteiger partial charge in [0.05, 0.1) is 16.9 Å². The van der Waals surface area contributed by atoms with Gasteiger partial charge in [0.25, 0.3) is 5.56 Å². The van der Waals surface area contributed by atoms with Crippen molar-refractivity contribution in [1.29, 1.82) is 0 Å². The molecule has 0 bridgehead atoms. The highest BCUT2D eigenvalue weighted by atomic mass is 32.1. The molecule has 3 aromatic rings. The van der Waals surface area contributed by atoms with Crippen molar-refractivity contribution in [2.45, 2.75) is 32.9 Å². The van der Waals surface area contributed by atoms with Crippen LogP contribution in [0.15, 0.2) is 45.6 Å². The SMILES string of the molecule is Cc1ccc(C(C)NC(=O)CCn2c(=S)[nH]c3ccccc3c2=O)o1. The van der Waals surface area contributed by atoms with Crippen molar-refractivity contribution >= 4 is 29.0 Å². The molecule has 7 heteroatoms. The molecule has 0 saturated carbocycles. The molecule has 1 amide bonds. The van der Waals surface area contributed by atoms with Gasteiger partial charge in [0.15, 0.2) is 4.77 Å². The lowest BCUT2D eigenvalue weighted by molar-refractivity contribution is -0.122. The quantitative estimate of drug-likeness (QED) is 0.687. The Labute approximate surface area is 149 Å². The Morgan fingerprint density at radius 1 is 1.32 bits per heavy atom. The van der Waals surface area contributed by atoms with E-state index in [2.05, 4.69) is 10.3 Å². The lowest BCUT2D eigenvalue weighted by atomic mass is 10.2. The van der Waals surface area contributed by atoms with E-state index in [-0.39, 0.29) is 30.5 Å². The zero-order valence-corrected chi connectivity index (χ0v) is 14.9. The fraction of sp³-hybridized carbons (Fsp3) is 0.278. The molecule has 3 rings (SSSR count). The van der Waals surface area contributed by atoms with Crippen molar-refractivity contribution in [2.24, 2.45) is 0 Å². The number of hydrogen-bond acceptors (Lipinski definition) is 4. The zero-order valence-electron chi connectivity index (χ0n) is 14.0. The van der Waals surface area contributed by atoms with Gasteiger partial charge in [-0.3, -0.25) is 14.2 Å². The second kappa shape index (κ2) is 7.06. The summed E-state index contributed by atoms with van der Waals surface area (Å²) >= 11 is 5.25. The third-order valence-corrected chi connectivity index (χ3v) is 4.34. The van der Waals surface area contributed by atoms with E-state index in [4.69, 9.17) is 16.6 Å². The maximum atomic E-state index is 12.5. The summed E-state index contributed by atoms with van der Waals surface area (Å²) in [6, 6.07) is 10.6. The zero-order chi connectivity index (χ0) is 18.0. The number of aromatic amines is 1. The molecule has 0 spiro atoms. The van der Waals surface area contributed by atoms with E-state index in [1.807, 2.05) is 32.0 Å². The molecule has 0 radical (unpaired) electrons. The molecule has 2 N–H and O–H groups in total. The van der Waals surface area contributed by atoms with E-state index >= 15 is 0 Å². The van der Waals surface area contributed by atoms with Crippen LogP contribution in [0.2, 0.25) is 0 Å². The summed E-state index contributed by atoms with van der Waals surface area (Å²) < 4.78 is 7.23. The van der Waals surface area contributed by atoms with Gasteiger partial charge in [-0.15, -0.1) is 0 Å². The Balaban J connectivity index is 1.71. The van der Waals surface area contributed by atoms with E-state index < -0.39 is 0 Å². The number of nitrogens with one attached hydrogen (secondary N) is 2. The molecule has 25 heavy (non-hydrogen) atoms. The van der Waals surface area contributed by atoms with Crippen LogP contribution in [0.5, 0.6) is 0 Å². The molecule has 0 aliphatic heterocycles. The molecule has 0 aliphatic rings. The number of benzene rings is 1.